The highest BCUT2D eigenvalue weighted by molar-refractivity contribution is 7.89. The van der Waals surface area contributed by atoms with E-state index in [1.807, 2.05) is 32.9 Å². The Morgan fingerprint density at radius 3 is 2.57 bits per heavy atom. The number of ether oxygens (including phenoxy) is 1. The van der Waals surface area contributed by atoms with Crippen LogP contribution in [0.4, 0.5) is 5.69 Å². The Morgan fingerprint density at radius 1 is 1.29 bits per heavy atom. The molecule has 2 N–H and O–H groups in total. The number of benzene rings is 1. The van der Waals surface area contributed by atoms with E-state index in [1.54, 1.807) is 12.1 Å². The van der Waals surface area contributed by atoms with Crippen LogP contribution in [0.2, 0.25) is 0 Å². The second-order valence-electron chi connectivity index (χ2n) is 5.66. The monoisotopic (exact) mass is 312 g/mol. The van der Waals surface area contributed by atoms with Crippen molar-refractivity contribution >= 4 is 15.7 Å². The van der Waals surface area contributed by atoms with Crippen LogP contribution in [-0.4, -0.2) is 33.2 Å². The van der Waals surface area contributed by atoms with E-state index in [0.29, 0.717) is 16.7 Å². The van der Waals surface area contributed by atoms with Crippen molar-refractivity contribution in [3.8, 4) is 0 Å². The van der Waals surface area contributed by atoms with Crippen molar-refractivity contribution in [1.29, 1.82) is 0 Å². The fourth-order valence-electron chi connectivity index (χ4n) is 2.47. The Kier molecular flexibility index (Phi) is 5.24. The lowest BCUT2D eigenvalue weighted by molar-refractivity contribution is 0.00295. The third-order valence-electron chi connectivity index (χ3n) is 3.42. The summed E-state index contributed by atoms with van der Waals surface area (Å²) < 4.78 is 32.8. The fourth-order valence-corrected chi connectivity index (χ4v) is 3.89. The third kappa shape index (κ3) is 4.18. The largest absolute Gasteiger partial charge is 0.381 e. The van der Waals surface area contributed by atoms with E-state index in [0.717, 1.165) is 19.4 Å². The van der Waals surface area contributed by atoms with Gasteiger partial charge in [0.25, 0.3) is 0 Å². The van der Waals surface area contributed by atoms with E-state index < -0.39 is 10.0 Å². The van der Waals surface area contributed by atoms with Gasteiger partial charge in [0.2, 0.25) is 10.0 Å². The lowest BCUT2D eigenvalue weighted by Gasteiger charge is -2.36. The molecule has 1 aliphatic rings. The molecule has 0 unspecified atom stereocenters. The number of nitrogens with one attached hydrogen (secondary N) is 2. The molecule has 0 saturated heterocycles. The minimum absolute atomic E-state index is 0.130. The van der Waals surface area contributed by atoms with E-state index in [2.05, 4.69) is 10.0 Å². The van der Waals surface area contributed by atoms with Crippen LogP contribution in [-0.2, 0) is 14.8 Å². The van der Waals surface area contributed by atoms with E-state index in [1.165, 1.54) is 0 Å². The first-order valence-corrected chi connectivity index (χ1v) is 8.90. The lowest BCUT2D eigenvalue weighted by atomic mass is 9.89. The van der Waals surface area contributed by atoms with Crippen molar-refractivity contribution in [2.24, 2.45) is 0 Å². The number of hydrogen-bond donors (Lipinski definition) is 2. The average Bonchev–Trinajstić information content (AvgIpc) is 2.35. The van der Waals surface area contributed by atoms with Gasteiger partial charge in [0.15, 0.2) is 0 Å². The zero-order chi connectivity index (χ0) is 15.5. The van der Waals surface area contributed by atoms with E-state index in [-0.39, 0.29) is 12.1 Å². The summed E-state index contributed by atoms with van der Waals surface area (Å²) in [7, 11) is -3.49. The Labute approximate surface area is 127 Å². The molecule has 118 valence electrons. The Balaban J connectivity index is 2.08. The van der Waals surface area contributed by atoms with Crippen LogP contribution < -0.4 is 10.0 Å². The van der Waals surface area contributed by atoms with Crippen molar-refractivity contribution in [3.63, 3.8) is 0 Å². The fraction of sp³-hybridized carbons (Fsp3) is 0.600. The molecule has 1 aromatic carbocycles. The molecule has 1 saturated carbocycles. The SMILES string of the molecule is CCOC1CC(Nc2ccccc2S(=O)(=O)NC(C)C)C1. The predicted molar refractivity (Wildman–Crippen MR) is 84.0 cm³/mol. The Morgan fingerprint density at radius 2 is 1.95 bits per heavy atom. The lowest BCUT2D eigenvalue weighted by Crippen LogP contribution is -2.41. The van der Waals surface area contributed by atoms with Crippen LogP contribution in [0.3, 0.4) is 0 Å². The molecular weight excluding hydrogens is 288 g/mol. The maximum atomic E-state index is 12.3. The molecule has 0 aromatic heterocycles. The van der Waals surface area contributed by atoms with Crippen LogP contribution in [0.25, 0.3) is 0 Å². The van der Waals surface area contributed by atoms with Gasteiger partial charge in [0.05, 0.1) is 11.8 Å². The van der Waals surface area contributed by atoms with E-state index in [4.69, 9.17) is 4.74 Å². The third-order valence-corrected chi connectivity index (χ3v) is 5.14. The van der Waals surface area contributed by atoms with Crippen LogP contribution in [0.15, 0.2) is 29.2 Å². The molecule has 0 radical (unpaired) electrons. The van der Waals surface area contributed by atoms with Crippen LogP contribution in [0.1, 0.15) is 33.6 Å². The summed E-state index contributed by atoms with van der Waals surface area (Å²) in [6.07, 6.45) is 2.13. The molecule has 1 fully saturated rings. The molecule has 0 aliphatic heterocycles. The second-order valence-corrected chi connectivity index (χ2v) is 7.34. The number of hydrogen-bond acceptors (Lipinski definition) is 4. The minimum atomic E-state index is -3.49. The van der Waals surface area contributed by atoms with Gasteiger partial charge in [0.1, 0.15) is 4.90 Å². The Bertz CT molecular complexity index is 566. The molecule has 21 heavy (non-hydrogen) atoms. The highest BCUT2D eigenvalue weighted by atomic mass is 32.2. The molecule has 0 heterocycles. The van der Waals surface area contributed by atoms with Gasteiger partial charge in [-0.05, 0) is 45.7 Å². The molecule has 0 bridgehead atoms. The number of para-hydroxylation sites is 1. The van der Waals surface area contributed by atoms with Gasteiger partial charge in [-0.1, -0.05) is 12.1 Å². The van der Waals surface area contributed by atoms with Crippen molar-refractivity contribution in [3.05, 3.63) is 24.3 Å². The topological polar surface area (TPSA) is 67.4 Å². The summed E-state index contributed by atoms with van der Waals surface area (Å²) in [5, 5.41) is 3.32. The van der Waals surface area contributed by atoms with Crippen molar-refractivity contribution in [2.75, 3.05) is 11.9 Å². The molecule has 6 heteroatoms. The van der Waals surface area contributed by atoms with Crippen LogP contribution in [0, 0.1) is 0 Å². The molecule has 0 atom stereocenters. The molecule has 1 aliphatic carbocycles. The molecule has 0 spiro atoms. The van der Waals surface area contributed by atoms with Crippen LogP contribution >= 0.6 is 0 Å². The van der Waals surface area contributed by atoms with E-state index in [9.17, 15) is 8.42 Å². The van der Waals surface area contributed by atoms with Gasteiger partial charge in [-0.15, -0.1) is 0 Å². The van der Waals surface area contributed by atoms with Crippen molar-refractivity contribution in [2.45, 2.75) is 56.7 Å². The standard InChI is InChI=1S/C15H24N2O3S/c1-4-20-13-9-12(10-13)16-14-7-5-6-8-15(14)21(18,19)17-11(2)3/h5-8,11-13,16-17H,4,9-10H2,1-3H3. The zero-order valence-electron chi connectivity index (χ0n) is 12.8. The maximum absolute atomic E-state index is 12.3. The molecule has 1 aromatic rings. The highest BCUT2D eigenvalue weighted by Crippen LogP contribution is 2.29. The van der Waals surface area contributed by atoms with Crippen LogP contribution in [0.5, 0.6) is 0 Å². The first kappa shape index (κ1) is 16.3. The predicted octanol–water partition coefficient (Wildman–Crippen LogP) is 2.35. The summed E-state index contributed by atoms with van der Waals surface area (Å²) in [5.74, 6) is 0. The summed E-state index contributed by atoms with van der Waals surface area (Å²) in [5.41, 5.74) is 0.658. The summed E-state index contributed by atoms with van der Waals surface area (Å²) in [6, 6.07) is 7.17. The zero-order valence-corrected chi connectivity index (χ0v) is 13.6. The van der Waals surface area contributed by atoms with Gasteiger partial charge in [-0.25, -0.2) is 13.1 Å². The minimum Gasteiger partial charge on any atom is -0.381 e. The smallest absolute Gasteiger partial charge is 0.242 e. The first-order chi connectivity index (χ1) is 9.92. The van der Waals surface area contributed by atoms with Gasteiger partial charge < -0.3 is 10.1 Å². The van der Waals surface area contributed by atoms with E-state index >= 15 is 0 Å². The molecule has 5 nitrogen and oxygen atoms in total. The second kappa shape index (κ2) is 6.77. The number of rotatable bonds is 7. The summed E-state index contributed by atoms with van der Waals surface area (Å²) >= 11 is 0. The Hall–Kier alpha value is -1.11. The van der Waals surface area contributed by atoms with Gasteiger partial charge in [0, 0.05) is 18.7 Å². The molecule has 2 rings (SSSR count). The quantitative estimate of drug-likeness (QED) is 0.811. The number of sulfonamides is 1. The van der Waals surface area contributed by atoms with Gasteiger partial charge in [-0.2, -0.15) is 0 Å². The van der Waals surface area contributed by atoms with Gasteiger partial charge in [-0.3, -0.25) is 0 Å². The highest BCUT2D eigenvalue weighted by Gasteiger charge is 2.30. The molecule has 0 amide bonds. The average molecular weight is 312 g/mol. The number of anilines is 1. The summed E-state index contributed by atoms with van der Waals surface area (Å²) in [6.45, 7) is 6.33. The normalized spacial score (nSPS) is 22.1. The van der Waals surface area contributed by atoms with Gasteiger partial charge >= 0.3 is 0 Å². The maximum Gasteiger partial charge on any atom is 0.242 e. The van der Waals surface area contributed by atoms with Crippen molar-refractivity contribution in [1.82, 2.24) is 4.72 Å². The first-order valence-electron chi connectivity index (χ1n) is 7.42. The summed E-state index contributed by atoms with van der Waals surface area (Å²) in [4.78, 5) is 0.304. The van der Waals surface area contributed by atoms with Crippen molar-refractivity contribution < 1.29 is 13.2 Å². The molecular formula is C15H24N2O3S.